The zero-order valence-corrected chi connectivity index (χ0v) is 8.06. The number of hydrogen-bond acceptors (Lipinski definition) is 4. The molecule has 0 aliphatic heterocycles. The van der Waals surface area contributed by atoms with Crippen LogP contribution in [-0.4, -0.2) is 24.8 Å². The van der Waals surface area contributed by atoms with E-state index in [1.54, 1.807) is 0 Å². The summed E-state index contributed by atoms with van der Waals surface area (Å²) in [6.45, 7) is -0.0877. The number of methoxy groups -OCH3 is 1. The minimum absolute atomic E-state index is 0.0572. The van der Waals surface area contributed by atoms with Crippen LogP contribution in [0, 0.1) is 11.3 Å². The number of carboxylic acids is 1. The van der Waals surface area contributed by atoms with Gasteiger partial charge in [0.1, 0.15) is 23.1 Å². The average molecular weight is 207 g/mol. The molecule has 1 aromatic rings. The van der Waals surface area contributed by atoms with Crippen LogP contribution in [0.4, 0.5) is 0 Å². The van der Waals surface area contributed by atoms with Crippen molar-refractivity contribution in [1.29, 1.82) is 5.26 Å². The third-order valence-corrected chi connectivity index (χ3v) is 1.71. The van der Waals surface area contributed by atoms with Crippen molar-refractivity contribution in [3.8, 4) is 17.6 Å². The van der Waals surface area contributed by atoms with Crippen molar-refractivity contribution in [3.63, 3.8) is 0 Å². The van der Waals surface area contributed by atoms with Crippen molar-refractivity contribution in [2.45, 2.75) is 0 Å². The fourth-order valence-electron chi connectivity index (χ4n) is 1.05. The second-order valence-electron chi connectivity index (χ2n) is 2.61. The van der Waals surface area contributed by atoms with Gasteiger partial charge in [-0.3, -0.25) is 0 Å². The second kappa shape index (κ2) is 4.86. The summed E-state index contributed by atoms with van der Waals surface area (Å²) in [6, 6.07) is 6.09. The van der Waals surface area contributed by atoms with E-state index < -0.39 is 5.97 Å². The fraction of sp³-hybridized carbons (Fsp3) is 0.200. The normalized spacial score (nSPS) is 9.07. The molecule has 15 heavy (non-hydrogen) atoms. The van der Waals surface area contributed by atoms with Crippen LogP contribution in [0.2, 0.25) is 0 Å². The maximum Gasteiger partial charge on any atom is 0.339 e. The van der Waals surface area contributed by atoms with Gasteiger partial charge in [-0.1, -0.05) is 0 Å². The zero-order valence-electron chi connectivity index (χ0n) is 8.06. The van der Waals surface area contributed by atoms with E-state index in [1.165, 1.54) is 25.3 Å². The van der Waals surface area contributed by atoms with Gasteiger partial charge in [0.25, 0.3) is 0 Å². The van der Waals surface area contributed by atoms with E-state index in [9.17, 15) is 4.79 Å². The molecule has 0 amide bonds. The van der Waals surface area contributed by atoms with Gasteiger partial charge in [-0.15, -0.1) is 0 Å². The fourth-order valence-corrected chi connectivity index (χ4v) is 1.05. The number of nitrogens with zero attached hydrogens (tertiary/aromatic N) is 1. The Morgan fingerprint density at radius 3 is 2.87 bits per heavy atom. The van der Waals surface area contributed by atoms with Gasteiger partial charge in [-0.2, -0.15) is 5.26 Å². The molecule has 0 unspecified atom stereocenters. The quantitative estimate of drug-likeness (QED) is 0.804. The number of benzene rings is 1. The van der Waals surface area contributed by atoms with Crippen molar-refractivity contribution in [3.05, 3.63) is 23.8 Å². The van der Waals surface area contributed by atoms with Gasteiger partial charge in [0.2, 0.25) is 0 Å². The van der Waals surface area contributed by atoms with Gasteiger partial charge in [0.15, 0.2) is 6.61 Å². The molecule has 1 rings (SSSR count). The summed E-state index contributed by atoms with van der Waals surface area (Å²) >= 11 is 0. The monoisotopic (exact) mass is 207 g/mol. The molecule has 1 N–H and O–H groups in total. The molecular formula is C10H9NO4. The number of ether oxygens (including phenoxy) is 2. The van der Waals surface area contributed by atoms with Gasteiger partial charge in [-0.05, 0) is 12.1 Å². The van der Waals surface area contributed by atoms with Crippen LogP contribution >= 0.6 is 0 Å². The van der Waals surface area contributed by atoms with E-state index in [1.807, 2.05) is 6.07 Å². The molecule has 0 saturated carbocycles. The lowest BCUT2D eigenvalue weighted by Crippen LogP contribution is -2.01. The number of carbonyl (C=O) groups is 1. The number of carboxylic acid groups (broad SMARTS) is 1. The predicted octanol–water partition coefficient (Wildman–Crippen LogP) is 1.30. The molecular weight excluding hydrogens is 198 g/mol. The van der Waals surface area contributed by atoms with E-state index >= 15 is 0 Å². The van der Waals surface area contributed by atoms with Crippen molar-refractivity contribution in [2.75, 3.05) is 13.7 Å². The first-order valence-corrected chi connectivity index (χ1v) is 4.10. The summed E-state index contributed by atoms with van der Waals surface area (Å²) in [7, 11) is 1.37. The van der Waals surface area contributed by atoms with Crippen molar-refractivity contribution < 1.29 is 19.4 Å². The lowest BCUT2D eigenvalue weighted by atomic mass is 10.2. The average Bonchev–Trinajstić information content (AvgIpc) is 2.25. The molecule has 0 fully saturated rings. The highest BCUT2D eigenvalue weighted by Gasteiger charge is 2.11. The predicted molar refractivity (Wildman–Crippen MR) is 51.1 cm³/mol. The van der Waals surface area contributed by atoms with Gasteiger partial charge in [-0.25, -0.2) is 4.79 Å². The molecule has 0 atom stereocenters. The minimum Gasteiger partial charge on any atom is -0.496 e. The Labute approximate surface area is 86.5 Å². The molecule has 0 saturated heterocycles. The molecule has 0 bridgehead atoms. The van der Waals surface area contributed by atoms with Crippen molar-refractivity contribution in [1.82, 2.24) is 0 Å². The summed E-state index contributed by atoms with van der Waals surface area (Å²) in [5.74, 6) is -0.463. The van der Waals surface area contributed by atoms with Crippen LogP contribution in [0.25, 0.3) is 0 Å². The lowest BCUT2D eigenvalue weighted by Gasteiger charge is -2.07. The molecule has 0 radical (unpaired) electrons. The van der Waals surface area contributed by atoms with Gasteiger partial charge in [0, 0.05) is 6.07 Å². The molecule has 5 heteroatoms. The minimum atomic E-state index is -1.07. The Morgan fingerprint density at radius 1 is 1.60 bits per heavy atom. The summed E-state index contributed by atoms with van der Waals surface area (Å²) in [5.41, 5.74) is 0.0572. The van der Waals surface area contributed by atoms with Gasteiger partial charge >= 0.3 is 5.97 Å². The summed E-state index contributed by atoms with van der Waals surface area (Å²) < 4.78 is 9.88. The smallest absolute Gasteiger partial charge is 0.339 e. The van der Waals surface area contributed by atoms with Crippen LogP contribution in [-0.2, 0) is 0 Å². The summed E-state index contributed by atoms with van der Waals surface area (Å²) in [6.07, 6.45) is 0. The Morgan fingerprint density at radius 2 is 2.33 bits per heavy atom. The lowest BCUT2D eigenvalue weighted by molar-refractivity contribution is 0.0693. The number of hydrogen-bond donors (Lipinski definition) is 1. The first-order valence-electron chi connectivity index (χ1n) is 4.10. The number of nitriles is 1. The first-order chi connectivity index (χ1) is 7.19. The van der Waals surface area contributed by atoms with E-state index in [2.05, 4.69) is 0 Å². The molecule has 1 aromatic carbocycles. The Hall–Kier alpha value is -2.22. The SMILES string of the molecule is COc1cc(OCC#N)ccc1C(=O)O. The maximum absolute atomic E-state index is 10.7. The Balaban J connectivity index is 2.98. The molecule has 78 valence electrons. The molecule has 5 nitrogen and oxygen atoms in total. The van der Waals surface area contributed by atoms with E-state index in [-0.39, 0.29) is 17.9 Å². The highest BCUT2D eigenvalue weighted by Crippen LogP contribution is 2.24. The largest absolute Gasteiger partial charge is 0.496 e. The third-order valence-electron chi connectivity index (χ3n) is 1.71. The van der Waals surface area contributed by atoms with E-state index in [0.29, 0.717) is 5.75 Å². The Bertz CT molecular complexity index is 408. The second-order valence-corrected chi connectivity index (χ2v) is 2.61. The van der Waals surface area contributed by atoms with E-state index in [0.717, 1.165) is 0 Å². The van der Waals surface area contributed by atoms with Crippen molar-refractivity contribution in [2.24, 2.45) is 0 Å². The van der Waals surface area contributed by atoms with Crippen molar-refractivity contribution >= 4 is 5.97 Å². The Kier molecular flexibility index (Phi) is 3.52. The van der Waals surface area contributed by atoms with Gasteiger partial charge < -0.3 is 14.6 Å². The molecule has 0 heterocycles. The molecule has 0 aliphatic carbocycles. The number of aromatic carboxylic acids is 1. The highest BCUT2D eigenvalue weighted by molar-refractivity contribution is 5.91. The molecule has 0 aliphatic rings. The van der Waals surface area contributed by atoms with Crippen LogP contribution in [0.15, 0.2) is 18.2 Å². The van der Waals surface area contributed by atoms with Crippen LogP contribution in [0.1, 0.15) is 10.4 Å². The third kappa shape index (κ3) is 2.61. The molecule has 0 spiro atoms. The zero-order chi connectivity index (χ0) is 11.3. The van der Waals surface area contributed by atoms with E-state index in [4.69, 9.17) is 19.8 Å². The summed E-state index contributed by atoms with van der Waals surface area (Å²) in [5, 5.41) is 17.1. The van der Waals surface area contributed by atoms with Crippen LogP contribution in [0.5, 0.6) is 11.5 Å². The highest BCUT2D eigenvalue weighted by atomic mass is 16.5. The number of rotatable bonds is 4. The van der Waals surface area contributed by atoms with Gasteiger partial charge in [0.05, 0.1) is 7.11 Å². The maximum atomic E-state index is 10.7. The molecule has 0 aromatic heterocycles. The first kappa shape index (κ1) is 10.9. The topological polar surface area (TPSA) is 79.5 Å². The summed E-state index contributed by atoms with van der Waals surface area (Å²) in [4.78, 5) is 10.7. The van der Waals surface area contributed by atoms with Crippen LogP contribution in [0.3, 0.4) is 0 Å². The van der Waals surface area contributed by atoms with Crippen LogP contribution < -0.4 is 9.47 Å². The standard InChI is InChI=1S/C10H9NO4/c1-14-9-6-7(15-5-4-11)2-3-8(9)10(12)13/h2-3,6H,5H2,1H3,(H,12,13).